The first kappa shape index (κ1) is 35.1. The third-order valence-electron chi connectivity index (χ3n) is 7.83. The van der Waals surface area contributed by atoms with Gasteiger partial charge in [-0.05, 0) is 63.6 Å². The van der Waals surface area contributed by atoms with Crippen molar-refractivity contribution in [1.29, 1.82) is 0 Å². The standard InChI is InChI=1S/C34H50ClN3O4S/c1-3-4-5-6-7-8-9-10-11-12-13-14-15-16-17-18-33(40)42-28(2)26-36-21-23-37(24-22-36)32(39)27-38-30-25-29(35)19-20-31(30)43-34(38)41/h7-8,10-11,19-20,25,28H,3-6,9,12-18,21-24,26-27H2,1-2H3/b8-7-,11-10-. The molecule has 1 aromatic carbocycles. The summed E-state index contributed by atoms with van der Waals surface area (Å²) in [6.07, 6.45) is 22.2. The summed E-state index contributed by atoms with van der Waals surface area (Å²) < 4.78 is 7.99. The fraction of sp³-hybridized carbons (Fsp3) is 0.618. The van der Waals surface area contributed by atoms with Gasteiger partial charge in [0.1, 0.15) is 12.6 Å². The van der Waals surface area contributed by atoms with Crippen LogP contribution in [0.3, 0.4) is 0 Å². The van der Waals surface area contributed by atoms with Crippen LogP contribution < -0.4 is 4.87 Å². The molecule has 0 saturated carbocycles. The van der Waals surface area contributed by atoms with Crippen LogP contribution in [0.25, 0.3) is 10.2 Å². The highest BCUT2D eigenvalue weighted by atomic mass is 35.5. The molecule has 2 heterocycles. The summed E-state index contributed by atoms with van der Waals surface area (Å²) in [5.74, 6) is -0.196. The number of rotatable bonds is 19. The minimum Gasteiger partial charge on any atom is -0.461 e. The molecule has 1 aromatic heterocycles. The molecule has 1 aliphatic rings. The number of hydrogen-bond donors (Lipinski definition) is 0. The average molecular weight is 632 g/mol. The number of thiazole rings is 1. The predicted octanol–water partition coefficient (Wildman–Crippen LogP) is 7.61. The van der Waals surface area contributed by atoms with Gasteiger partial charge in [-0.3, -0.25) is 23.9 Å². The number of aromatic nitrogens is 1. The second-order valence-corrected chi connectivity index (χ2v) is 13.0. The molecule has 1 fully saturated rings. The fourth-order valence-corrected chi connectivity index (χ4v) is 6.40. The summed E-state index contributed by atoms with van der Waals surface area (Å²) in [6.45, 7) is 7.44. The normalized spacial score (nSPS) is 15.2. The van der Waals surface area contributed by atoms with Crippen molar-refractivity contribution in [2.75, 3.05) is 32.7 Å². The Kier molecular flexibility index (Phi) is 16.1. The van der Waals surface area contributed by atoms with E-state index in [0.717, 1.165) is 48.1 Å². The highest BCUT2D eigenvalue weighted by Crippen LogP contribution is 2.22. The lowest BCUT2D eigenvalue weighted by atomic mass is 10.1. The number of ether oxygens (including phenoxy) is 1. The van der Waals surface area contributed by atoms with Crippen LogP contribution in [0.5, 0.6) is 0 Å². The summed E-state index contributed by atoms with van der Waals surface area (Å²) in [4.78, 5) is 41.6. The topological polar surface area (TPSA) is 71.8 Å². The highest BCUT2D eigenvalue weighted by Gasteiger charge is 2.24. The van der Waals surface area contributed by atoms with Crippen LogP contribution in [0.1, 0.15) is 90.9 Å². The Morgan fingerprint density at radius 1 is 0.953 bits per heavy atom. The molecule has 0 radical (unpaired) electrons. The van der Waals surface area contributed by atoms with Crippen LogP contribution in [-0.2, 0) is 20.9 Å². The van der Waals surface area contributed by atoms with Crippen LogP contribution in [0.15, 0.2) is 47.3 Å². The molecule has 1 atom stereocenters. The number of piperazine rings is 1. The molecule has 0 N–H and O–H groups in total. The zero-order valence-electron chi connectivity index (χ0n) is 26.1. The van der Waals surface area contributed by atoms with Gasteiger partial charge in [0.15, 0.2) is 0 Å². The Labute approximate surface area is 266 Å². The summed E-state index contributed by atoms with van der Waals surface area (Å²) in [7, 11) is 0. The monoisotopic (exact) mass is 631 g/mol. The fourth-order valence-electron chi connectivity index (χ4n) is 5.37. The van der Waals surface area contributed by atoms with Gasteiger partial charge in [-0.15, -0.1) is 0 Å². The van der Waals surface area contributed by atoms with E-state index in [9.17, 15) is 14.4 Å². The number of esters is 1. The minimum absolute atomic E-state index is 0.0152. The molecule has 9 heteroatoms. The van der Waals surface area contributed by atoms with Crippen molar-refractivity contribution in [3.63, 3.8) is 0 Å². The van der Waals surface area contributed by atoms with Crippen molar-refractivity contribution in [3.05, 3.63) is 57.2 Å². The first-order chi connectivity index (χ1) is 20.9. The lowest BCUT2D eigenvalue weighted by Crippen LogP contribution is -2.51. The molecule has 7 nitrogen and oxygen atoms in total. The zero-order chi connectivity index (χ0) is 30.9. The van der Waals surface area contributed by atoms with Crippen LogP contribution in [0.2, 0.25) is 5.02 Å². The van der Waals surface area contributed by atoms with E-state index in [1.807, 2.05) is 13.0 Å². The number of benzene rings is 1. The zero-order valence-corrected chi connectivity index (χ0v) is 27.7. The number of hydrogen-bond acceptors (Lipinski definition) is 6. The molecule has 0 spiro atoms. The Balaban J connectivity index is 1.21. The predicted molar refractivity (Wildman–Crippen MR) is 179 cm³/mol. The quantitative estimate of drug-likeness (QED) is 0.0907. The van der Waals surface area contributed by atoms with E-state index in [2.05, 4.69) is 36.1 Å². The summed E-state index contributed by atoms with van der Waals surface area (Å²) >= 11 is 7.23. The number of halogens is 1. The molecule has 1 aliphatic heterocycles. The van der Waals surface area contributed by atoms with E-state index in [0.29, 0.717) is 49.7 Å². The van der Waals surface area contributed by atoms with E-state index in [-0.39, 0.29) is 29.4 Å². The number of carbonyl (C=O) groups excluding carboxylic acids is 2. The summed E-state index contributed by atoms with van der Waals surface area (Å²) in [5, 5.41) is 0.543. The molecule has 1 saturated heterocycles. The van der Waals surface area contributed by atoms with E-state index in [1.54, 1.807) is 17.0 Å². The lowest BCUT2D eigenvalue weighted by Gasteiger charge is -2.35. The third kappa shape index (κ3) is 13.0. The number of unbranched alkanes of at least 4 members (excludes halogenated alkanes) is 8. The van der Waals surface area contributed by atoms with Crippen molar-refractivity contribution in [2.24, 2.45) is 0 Å². The van der Waals surface area contributed by atoms with Crippen LogP contribution >= 0.6 is 22.9 Å². The second kappa shape index (κ2) is 19.8. The molecular formula is C34H50ClN3O4S. The molecule has 1 amide bonds. The number of nitrogens with zero attached hydrogens (tertiary/aromatic N) is 3. The number of fused-ring (bicyclic) bond motifs is 1. The van der Waals surface area contributed by atoms with Crippen LogP contribution in [0.4, 0.5) is 0 Å². The van der Waals surface area contributed by atoms with Gasteiger partial charge in [0.25, 0.3) is 0 Å². The maximum Gasteiger partial charge on any atom is 0.308 e. The van der Waals surface area contributed by atoms with Crippen molar-refractivity contribution >= 4 is 45.0 Å². The first-order valence-electron chi connectivity index (χ1n) is 16.2. The van der Waals surface area contributed by atoms with Crippen molar-refractivity contribution in [1.82, 2.24) is 14.4 Å². The molecular weight excluding hydrogens is 582 g/mol. The van der Waals surface area contributed by atoms with Gasteiger partial charge in [0.05, 0.1) is 10.2 Å². The maximum atomic E-state index is 12.9. The molecule has 238 valence electrons. The summed E-state index contributed by atoms with van der Waals surface area (Å²) in [6, 6.07) is 5.30. The third-order valence-corrected chi connectivity index (χ3v) is 9.02. The first-order valence-corrected chi connectivity index (χ1v) is 17.3. The lowest BCUT2D eigenvalue weighted by molar-refractivity contribution is -0.149. The highest BCUT2D eigenvalue weighted by molar-refractivity contribution is 7.16. The Bertz CT molecular complexity index is 1250. The van der Waals surface area contributed by atoms with Gasteiger partial charge in [-0.2, -0.15) is 0 Å². The Hall–Kier alpha value is -2.42. The number of amides is 1. The van der Waals surface area contributed by atoms with Crippen LogP contribution in [0, 0.1) is 0 Å². The van der Waals surface area contributed by atoms with Gasteiger partial charge in [-0.1, -0.05) is 86.3 Å². The van der Waals surface area contributed by atoms with Gasteiger partial charge in [-0.25, -0.2) is 0 Å². The smallest absolute Gasteiger partial charge is 0.308 e. The van der Waals surface area contributed by atoms with Gasteiger partial charge < -0.3 is 9.64 Å². The van der Waals surface area contributed by atoms with Gasteiger partial charge >= 0.3 is 10.8 Å². The average Bonchev–Trinajstić information content (AvgIpc) is 3.29. The molecule has 2 aromatic rings. The second-order valence-electron chi connectivity index (χ2n) is 11.5. The molecule has 0 bridgehead atoms. The van der Waals surface area contributed by atoms with Crippen LogP contribution in [-0.4, -0.2) is 65.1 Å². The van der Waals surface area contributed by atoms with E-state index in [1.165, 1.54) is 43.1 Å². The van der Waals surface area contributed by atoms with E-state index >= 15 is 0 Å². The Morgan fingerprint density at radius 3 is 2.35 bits per heavy atom. The van der Waals surface area contributed by atoms with E-state index < -0.39 is 0 Å². The van der Waals surface area contributed by atoms with Crippen molar-refractivity contribution in [2.45, 2.75) is 104 Å². The van der Waals surface area contributed by atoms with Gasteiger partial charge in [0, 0.05) is 44.2 Å². The van der Waals surface area contributed by atoms with Gasteiger partial charge in [0.2, 0.25) is 5.91 Å². The maximum absolute atomic E-state index is 12.9. The summed E-state index contributed by atoms with van der Waals surface area (Å²) in [5.41, 5.74) is 0.699. The molecule has 0 aliphatic carbocycles. The SMILES string of the molecule is CCCCC/C=C\C/C=C\CCCCCCCC(=O)OC(C)CN1CCN(C(=O)Cn2c(=O)sc3ccc(Cl)cc32)CC1. The van der Waals surface area contributed by atoms with Crippen molar-refractivity contribution < 1.29 is 14.3 Å². The minimum atomic E-state index is -0.187. The van der Waals surface area contributed by atoms with E-state index in [4.69, 9.17) is 16.3 Å². The van der Waals surface area contributed by atoms with Crippen molar-refractivity contribution in [3.8, 4) is 0 Å². The number of carbonyl (C=O) groups is 2. The molecule has 3 rings (SSSR count). The molecule has 43 heavy (non-hydrogen) atoms. The number of allylic oxidation sites excluding steroid dienone is 4. The molecule has 1 unspecified atom stereocenters. The Morgan fingerprint density at radius 2 is 1.63 bits per heavy atom. The largest absolute Gasteiger partial charge is 0.461 e.